The normalized spacial score (nSPS) is 11.7. The first-order valence-electron chi connectivity index (χ1n) is 9.49. The lowest BCUT2D eigenvalue weighted by molar-refractivity contribution is -0.124. The molecule has 6 heteroatoms. The van der Waals surface area contributed by atoms with Crippen molar-refractivity contribution in [3.8, 4) is 0 Å². The van der Waals surface area contributed by atoms with Crippen LogP contribution >= 0.6 is 11.6 Å². The number of halogens is 1. The van der Waals surface area contributed by atoms with Gasteiger partial charge in [0.1, 0.15) is 0 Å². The summed E-state index contributed by atoms with van der Waals surface area (Å²) >= 11 is 5.87. The zero-order valence-electron chi connectivity index (χ0n) is 16.9. The van der Waals surface area contributed by atoms with E-state index in [9.17, 15) is 9.59 Å². The minimum absolute atomic E-state index is 0.0448. The van der Waals surface area contributed by atoms with Gasteiger partial charge in [-0.2, -0.15) is 5.10 Å². The average molecular weight is 412 g/mol. The van der Waals surface area contributed by atoms with Gasteiger partial charge >= 0.3 is 0 Å². The fourth-order valence-electron chi connectivity index (χ4n) is 2.56. The van der Waals surface area contributed by atoms with Gasteiger partial charge in [0.25, 0.3) is 0 Å². The Labute approximate surface area is 176 Å². The molecule has 0 aliphatic rings. The molecular weight excluding hydrogens is 386 g/mol. The number of nitrogens with one attached hydrogen (secondary N) is 2. The topological polar surface area (TPSA) is 70.6 Å². The van der Waals surface area contributed by atoms with Crippen LogP contribution in [-0.4, -0.2) is 18.0 Å². The molecule has 152 valence electrons. The molecule has 5 nitrogen and oxygen atoms in total. The summed E-state index contributed by atoms with van der Waals surface area (Å²) in [6, 6.07) is 15.2. The molecule has 0 unspecified atom stereocenters. The summed E-state index contributed by atoms with van der Waals surface area (Å²) in [6.45, 7) is 6.23. The van der Waals surface area contributed by atoms with Gasteiger partial charge in [0, 0.05) is 23.6 Å². The van der Waals surface area contributed by atoms with Crippen LogP contribution in [0.1, 0.15) is 50.7 Å². The van der Waals surface area contributed by atoms with Crippen LogP contribution in [0, 0.1) is 0 Å². The first-order chi connectivity index (χ1) is 13.8. The van der Waals surface area contributed by atoms with E-state index >= 15 is 0 Å². The quantitative estimate of drug-likeness (QED) is 0.451. The summed E-state index contributed by atoms with van der Waals surface area (Å²) in [7, 11) is 0. The van der Waals surface area contributed by atoms with Crippen molar-refractivity contribution >= 4 is 41.4 Å². The van der Waals surface area contributed by atoms with Crippen molar-refractivity contribution in [2.45, 2.75) is 39.5 Å². The Hall–Kier alpha value is -2.92. The van der Waals surface area contributed by atoms with Gasteiger partial charge in [-0.05, 0) is 47.7 Å². The molecule has 0 spiro atoms. The van der Waals surface area contributed by atoms with E-state index < -0.39 is 0 Å². The van der Waals surface area contributed by atoms with Crippen LogP contribution in [-0.2, 0) is 9.59 Å². The highest BCUT2D eigenvalue weighted by Crippen LogP contribution is 2.16. The maximum atomic E-state index is 11.9. The maximum absolute atomic E-state index is 11.9. The Bertz CT molecular complexity index is 903. The van der Waals surface area contributed by atoms with Crippen LogP contribution in [0.5, 0.6) is 0 Å². The predicted octanol–water partition coefficient (Wildman–Crippen LogP) is 5.39. The molecule has 0 aliphatic carbocycles. The van der Waals surface area contributed by atoms with Gasteiger partial charge in [0.05, 0.1) is 6.21 Å². The molecule has 2 aromatic rings. The fourth-order valence-corrected chi connectivity index (χ4v) is 2.75. The number of hydrazone groups is 1. The zero-order valence-corrected chi connectivity index (χ0v) is 17.7. The summed E-state index contributed by atoms with van der Waals surface area (Å²) in [6.07, 6.45) is 3.67. The molecule has 0 saturated carbocycles. The highest BCUT2D eigenvalue weighted by Gasteiger charge is 2.07. The first-order valence-corrected chi connectivity index (χ1v) is 9.87. The Morgan fingerprint density at radius 3 is 2.41 bits per heavy atom. The standard InChI is InChI=1S/C23H26ClN3O2/c1-16(2)19-9-7-18(8-10-19)13-17(3)15-25-27-23(29)12-11-22(28)26-21-6-4-5-20(24)14-21/h4-10,13-16H,11-12H2,1-3H3,(H,26,28)(H,27,29)/b17-13+,25-15?. The van der Waals surface area contributed by atoms with Crippen LogP contribution in [0.15, 0.2) is 59.2 Å². The van der Waals surface area contributed by atoms with Crippen molar-refractivity contribution < 1.29 is 9.59 Å². The Morgan fingerprint density at radius 1 is 1.07 bits per heavy atom. The van der Waals surface area contributed by atoms with Gasteiger partial charge in [0.15, 0.2) is 0 Å². The summed E-state index contributed by atoms with van der Waals surface area (Å²) < 4.78 is 0. The first kappa shape index (κ1) is 22.4. The zero-order chi connectivity index (χ0) is 21.2. The number of amides is 2. The average Bonchev–Trinajstić information content (AvgIpc) is 2.67. The van der Waals surface area contributed by atoms with E-state index in [1.54, 1.807) is 30.5 Å². The highest BCUT2D eigenvalue weighted by molar-refractivity contribution is 6.30. The Morgan fingerprint density at radius 2 is 1.76 bits per heavy atom. The van der Waals surface area contributed by atoms with Gasteiger partial charge < -0.3 is 5.32 Å². The largest absolute Gasteiger partial charge is 0.326 e. The molecule has 0 heterocycles. The van der Waals surface area contributed by atoms with Gasteiger partial charge in [-0.15, -0.1) is 0 Å². The highest BCUT2D eigenvalue weighted by atomic mass is 35.5. The number of hydrogen-bond donors (Lipinski definition) is 2. The van der Waals surface area contributed by atoms with Crippen LogP contribution in [0.4, 0.5) is 5.69 Å². The van der Waals surface area contributed by atoms with Crippen molar-refractivity contribution in [3.63, 3.8) is 0 Å². The molecule has 29 heavy (non-hydrogen) atoms. The number of allylic oxidation sites excluding steroid dienone is 1. The van der Waals surface area contributed by atoms with Crippen LogP contribution in [0.25, 0.3) is 6.08 Å². The second-order valence-electron chi connectivity index (χ2n) is 7.06. The monoisotopic (exact) mass is 411 g/mol. The number of rotatable bonds is 8. The summed E-state index contributed by atoms with van der Waals surface area (Å²) in [5.74, 6) is -0.0811. The molecule has 2 N–H and O–H groups in total. The van der Waals surface area contributed by atoms with Crippen LogP contribution in [0.3, 0.4) is 0 Å². The van der Waals surface area contributed by atoms with Gasteiger partial charge in [-0.1, -0.05) is 61.9 Å². The van der Waals surface area contributed by atoms with Crippen LogP contribution in [0.2, 0.25) is 5.02 Å². The number of benzene rings is 2. The lowest BCUT2D eigenvalue weighted by Gasteiger charge is -2.05. The van der Waals surface area contributed by atoms with Gasteiger partial charge in [-0.3, -0.25) is 9.59 Å². The summed E-state index contributed by atoms with van der Waals surface area (Å²) in [5, 5.41) is 7.18. The molecular formula is C23H26ClN3O2. The minimum Gasteiger partial charge on any atom is -0.326 e. The molecule has 0 aromatic heterocycles. The van der Waals surface area contributed by atoms with E-state index in [1.807, 2.05) is 13.0 Å². The SMILES string of the molecule is C/C(C=NNC(=O)CCC(=O)Nc1cccc(Cl)c1)=C\c1ccc(C(C)C)cc1. The van der Waals surface area contributed by atoms with Crippen molar-refractivity contribution in [1.29, 1.82) is 0 Å². The molecule has 0 fully saturated rings. The van der Waals surface area contributed by atoms with E-state index in [-0.39, 0.29) is 24.7 Å². The number of hydrogen-bond acceptors (Lipinski definition) is 3. The van der Waals surface area contributed by atoms with E-state index in [0.29, 0.717) is 16.6 Å². The Balaban J connectivity index is 1.75. The molecule has 0 bridgehead atoms. The second-order valence-corrected chi connectivity index (χ2v) is 7.50. The summed E-state index contributed by atoms with van der Waals surface area (Å²) in [4.78, 5) is 23.7. The number of carbonyl (C=O) groups is 2. The van der Waals surface area contributed by atoms with E-state index in [4.69, 9.17) is 11.6 Å². The smallest absolute Gasteiger partial charge is 0.240 e. The third-order valence-corrected chi connectivity index (χ3v) is 4.38. The van der Waals surface area contributed by atoms with Crippen molar-refractivity contribution in [3.05, 3.63) is 70.3 Å². The van der Waals surface area contributed by atoms with Crippen molar-refractivity contribution in [2.75, 3.05) is 5.32 Å². The summed E-state index contributed by atoms with van der Waals surface area (Å²) in [5.41, 5.74) is 6.31. The lowest BCUT2D eigenvalue weighted by Crippen LogP contribution is -2.20. The Kier molecular flexibility index (Phi) is 8.62. The number of anilines is 1. The molecule has 2 amide bonds. The van der Waals surface area contributed by atoms with Gasteiger partial charge in [0.2, 0.25) is 11.8 Å². The predicted molar refractivity (Wildman–Crippen MR) is 120 cm³/mol. The fraction of sp³-hybridized carbons (Fsp3) is 0.261. The minimum atomic E-state index is -0.323. The number of carbonyl (C=O) groups excluding carboxylic acids is 2. The molecule has 0 aliphatic heterocycles. The lowest BCUT2D eigenvalue weighted by atomic mass is 10.0. The molecule has 0 radical (unpaired) electrons. The van der Waals surface area contributed by atoms with E-state index in [0.717, 1.165) is 11.1 Å². The molecule has 0 atom stereocenters. The third kappa shape index (κ3) is 8.32. The van der Waals surface area contributed by atoms with Crippen molar-refractivity contribution in [1.82, 2.24) is 5.43 Å². The third-order valence-electron chi connectivity index (χ3n) is 4.14. The van der Waals surface area contributed by atoms with Gasteiger partial charge in [-0.25, -0.2) is 5.43 Å². The molecule has 0 saturated heterocycles. The van der Waals surface area contributed by atoms with Crippen molar-refractivity contribution in [2.24, 2.45) is 5.10 Å². The molecule has 2 rings (SSSR count). The molecule has 2 aromatic carbocycles. The van der Waals surface area contributed by atoms with E-state index in [2.05, 4.69) is 54.0 Å². The second kappa shape index (κ2) is 11.2. The van der Waals surface area contributed by atoms with Crippen LogP contribution < -0.4 is 10.7 Å². The number of nitrogens with zero attached hydrogens (tertiary/aromatic N) is 1. The van der Waals surface area contributed by atoms with E-state index in [1.165, 1.54) is 5.56 Å². The maximum Gasteiger partial charge on any atom is 0.240 e.